The highest BCUT2D eigenvalue weighted by molar-refractivity contribution is 14.0. The van der Waals surface area contributed by atoms with Crippen LogP contribution < -0.4 is 16.0 Å². The van der Waals surface area contributed by atoms with Gasteiger partial charge in [-0.2, -0.15) is 0 Å². The van der Waals surface area contributed by atoms with Gasteiger partial charge in [0, 0.05) is 18.7 Å². The smallest absolute Gasteiger partial charge is 0.251 e. The molecule has 0 spiro atoms. The normalized spacial score (nSPS) is 13.2. The number of aliphatic hydroxyl groups is 1. The van der Waals surface area contributed by atoms with E-state index in [1.54, 1.807) is 31.2 Å². The highest BCUT2D eigenvalue weighted by atomic mass is 127. The summed E-state index contributed by atoms with van der Waals surface area (Å²) < 4.78 is 5.28. The SMILES string of the molecule is CCNC(=O)c1ccc(CN=C(NCC)NCC(C)(O)c2ccco2)cc1.I. The van der Waals surface area contributed by atoms with Crippen molar-refractivity contribution in [1.29, 1.82) is 0 Å². The molecule has 28 heavy (non-hydrogen) atoms. The van der Waals surface area contributed by atoms with E-state index in [4.69, 9.17) is 4.42 Å². The molecule has 0 fully saturated rings. The first kappa shape index (κ1) is 24.0. The van der Waals surface area contributed by atoms with E-state index in [0.29, 0.717) is 36.9 Å². The molecule has 1 aromatic heterocycles. The molecule has 1 amide bonds. The van der Waals surface area contributed by atoms with Crippen molar-refractivity contribution in [2.75, 3.05) is 19.6 Å². The molecule has 4 N–H and O–H groups in total. The van der Waals surface area contributed by atoms with Crippen molar-refractivity contribution in [1.82, 2.24) is 16.0 Å². The zero-order chi connectivity index (χ0) is 19.7. The Balaban J connectivity index is 0.00000392. The number of nitrogens with one attached hydrogen (secondary N) is 3. The van der Waals surface area contributed by atoms with Gasteiger partial charge in [-0.05, 0) is 50.6 Å². The summed E-state index contributed by atoms with van der Waals surface area (Å²) in [5.41, 5.74) is 0.468. The number of amides is 1. The molecule has 0 bridgehead atoms. The van der Waals surface area contributed by atoms with Gasteiger partial charge in [-0.15, -0.1) is 24.0 Å². The van der Waals surface area contributed by atoms with Crippen LogP contribution in [0.1, 0.15) is 42.5 Å². The molecule has 0 saturated heterocycles. The highest BCUT2D eigenvalue weighted by Gasteiger charge is 2.26. The van der Waals surface area contributed by atoms with E-state index in [2.05, 4.69) is 20.9 Å². The number of carbonyl (C=O) groups is 1. The summed E-state index contributed by atoms with van der Waals surface area (Å²) in [7, 11) is 0. The summed E-state index contributed by atoms with van der Waals surface area (Å²) in [4.78, 5) is 16.3. The van der Waals surface area contributed by atoms with Gasteiger partial charge in [0.15, 0.2) is 5.96 Å². The second-order valence-corrected chi connectivity index (χ2v) is 6.36. The van der Waals surface area contributed by atoms with E-state index in [0.717, 1.165) is 5.56 Å². The van der Waals surface area contributed by atoms with E-state index in [9.17, 15) is 9.90 Å². The van der Waals surface area contributed by atoms with Crippen LogP contribution in [-0.4, -0.2) is 36.6 Å². The monoisotopic (exact) mass is 500 g/mol. The fourth-order valence-corrected chi connectivity index (χ4v) is 2.46. The number of hydrogen-bond acceptors (Lipinski definition) is 4. The molecule has 0 radical (unpaired) electrons. The van der Waals surface area contributed by atoms with Gasteiger partial charge < -0.3 is 25.5 Å². The maximum Gasteiger partial charge on any atom is 0.251 e. The van der Waals surface area contributed by atoms with Gasteiger partial charge in [-0.1, -0.05) is 12.1 Å². The Bertz CT molecular complexity index is 743. The Kier molecular flexibility index (Phi) is 10.0. The summed E-state index contributed by atoms with van der Waals surface area (Å²) >= 11 is 0. The molecular weight excluding hydrogens is 471 g/mol. The number of carbonyl (C=O) groups excluding carboxylic acids is 1. The number of halogens is 1. The van der Waals surface area contributed by atoms with Crippen molar-refractivity contribution in [3.8, 4) is 0 Å². The Morgan fingerprint density at radius 1 is 1.11 bits per heavy atom. The van der Waals surface area contributed by atoms with E-state index >= 15 is 0 Å². The van der Waals surface area contributed by atoms with Crippen molar-refractivity contribution in [3.05, 3.63) is 59.5 Å². The molecule has 2 aromatic rings. The average molecular weight is 500 g/mol. The Labute approximate surface area is 183 Å². The fourth-order valence-electron chi connectivity index (χ4n) is 2.46. The van der Waals surface area contributed by atoms with Gasteiger partial charge in [-0.25, -0.2) is 4.99 Å². The zero-order valence-electron chi connectivity index (χ0n) is 16.5. The third-order valence-corrected chi connectivity index (χ3v) is 3.97. The third-order valence-electron chi connectivity index (χ3n) is 3.97. The number of nitrogens with zero attached hydrogens (tertiary/aromatic N) is 1. The van der Waals surface area contributed by atoms with Gasteiger partial charge in [0.05, 0.1) is 19.4 Å². The largest absolute Gasteiger partial charge is 0.466 e. The van der Waals surface area contributed by atoms with Crippen LogP contribution in [-0.2, 0) is 12.1 Å². The number of benzene rings is 1. The van der Waals surface area contributed by atoms with Crippen molar-refractivity contribution in [2.24, 2.45) is 4.99 Å². The number of furan rings is 1. The molecular formula is C20H29IN4O3. The van der Waals surface area contributed by atoms with Crippen molar-refractivity contribution >= 4 is 35.8 Å². The highest BCUT2D eigenvalue weighted by Crippen LogP contribution is 2.19. The topological polar surface area (TPSA) is 98.9 Å². The van der Waals surface area contributed by atoms with Crippen molar-refractivity contribution in [2.45, 2.75) is 32.9 Å². The first-order valence-corrected chi connectivity index (χ1v) is 9.12. The molecule has 154 valence electrons. The molecule has 1 heterocycles. The minimum atomic E-state index is -1.14. The fraction of sp³-hybridized carbons (Fsp3) is 0.400. The van der Waals surface area contributed by atoms with Crippen LogP contribution in [0, 0.1) is 0 Å². The lowest BCUT2D eigenvalue weighted by Gasteiger charge is -2.22. The van der Waals surface area contributed by atoms with Gasteiger partial charge in [0.25, 0.3) is 5.91 Å². The first-order chi connectivity index (χ1) is 13.0. The molecule has 2 rings (SSSR count). The van der Waals surface area contributed by atoms with Crippen LogP contribution >= 0.6 is 24.0 Å². The molecule has 0 saturated carbocycles. The average Bonchev–Trinajstić information content (AvgIpc) is 3.20. The standard InChI is InChI=1S/C20H28N4O3.HI/c1-4-21-18(25)16-10-8-15(9-11-16)13-23-19(22-5-2)24-14-20(3,26)17-7-6-12-27-17;/h6-12,26H,4-5,13-14H2,1-3H3,(H,21,25)(H2,22,23,24);1H. The lowest BCUT2D eigenvalue weighted by Crippen LogP contribution is -2.44. The van der Waals surface area contributed by atoms with Crippen LogP contribution in [0.3, 0.4) is 0 Å². The molecule has 7 nitrogen and oxygen atoms in total. The van der Waals surface area contributed by atoms with E-state index in [1.807, 2.05) is 26.0 Å². The van der Waals surface area contributed by atoms with Crippen LogP contribution in [0.4, 0.5) is 0 Å². The zero-order valence-corrected chi connectivity index (χ0v) is 18.8. The van der Waals surface area contributed by atoms with Crippen LogP contribution in [0.25, 0.3) is 0 Å². The van der Waals surface area contributed by atoms with Crippen LogP contribution in [0.2, 0.25) is 0 Å². The first-order valence-electron chi connectivity index (χ1n) is 9.12. The number of aliphatic imine (C=N–C) groups is 1. The maximum absolute atomic E-state index is 11.8. The van der Waals surface area contributed by atoms with Crippen LogP contribution in [0.5, 0.6) is 0 Å². The van der Waals surface area contributed by atoms with E-state index < -0.39 is 5.60 Å². The summed E-state index contributed by atoms with van der Waals surface area (Å²) in [5, 5.41) is 19.6. The van der Waals surface area contributed by atoms with Crippen LogP contribution in [0.15, 0.2) is 52.1 Å². The lowest BCUT2D eigenvalue weighted by atomic mass is 10.0. The number of hydrogen-bond donors (Lipinski definition) is 4. The predicted octanol–water partition coefficient (Wildman–Crippen LogP) is 2.61. The van der Waals surface area contributed by atoms with Gasteiger partial charge in [0.1, 0.15) is 11.4 Å². The quantitative estimate of drug-likeness (QED) is 0.254. The van der Waals surface area contributed by atoms with Crippen molar-refractivity contribution < 1.29 is 14.3 Å². The Morgan fingerprint density at radius 2 is 1.79 bits per heavy atom. The number of rotatable bonds is 8. The maximum atomic E-state index is 11.8. The van der Waals surface area contributed by atoms with E-state index in [1.165, 1.54) is 6.26 Å². The van der Waals surface area contributed by atoms with Gasteiger partial charge >= 0.3 is 0 Å². The second-order valence-electron chi connectivity index (χ2n) is 6.36. The summed E-state index contributed by atoms with van der Waals surface area (Å²) in [6.07, 6.45) is 1.54. The lowest BCUT2D eigenvalue weighted by molar-refractivity contribution is 0.0386. The van der Waals surface area contributed by atoms with E-state index in [-0.39, 0.29) is 36.4 Å². The summed E-state index contributed by atoms with van der Waals surface area (Å²) in [6.45, 7) is 7.55. The predicted molar refractivity (Wildman–Crippen MR) is 121 cm³/mol. The summed E-state index contributed by atoms with van der Waals surface area (Å²) in [6, 6.07) is 10.8. The van der Waals surface area contributed by atoms with Gasteiger partial charge in [0.2, 0.25) is 0 Å². The summed E-state index contributed by atoms with van der Waals surface area (Å²) in [5.74, 6) is 1.01. The molecule has 0 aliphatic heterocycles. The van der Waals surface area contributed by atoms with Gasteiger partial charge in [-0.3, -0.25) is 4.79 Å². The van der Waals surface area contributed by atoms with Crippen molar-refractivity contribution in [3.63, 3.8) is 0 Å². The molecule has 8 heteroatoms. The molecule has 1 aromatic carbocycles. The Morgan fingerprint density at radius 3 is 2.36 bits per heavy atom. The molecule has 1 atom stereocenters. The third kappa shape index (κ3) is 7.16. The minimum Gasteiger partial charge on any atom is -0.466 e. The molecule has 1 unspecified atom stereocenters. The second kappa shape index (κ2) is 11.7. The minimum absolute atomic E-state index is 0. The molecule has 0 aliphatic carbocycles. The molecule has 0 aliphatic rings. The number of guanidine groups is 1. The Hall–Kier alpha value is -2.07.